The minimum absolute atomic E-state index is 0.604. The molecular formula is C44H40Si. The molecule has 0 saturated carbocycles. The van der Waals surface area contributed by atoms with Crippen molar-refractivity contribution >= 4 is 41.8 Å². The molecule has 0 N–H and O–H groups in total. The Hall–Kier alpha value is -4.46. The zero-order valence-electron chi connectivity index (χ0n) is 26.8. The van der Waals surface area contributed by atoms with Crippen LogP contribution >= 0.6 is 0 Å². The van der Waals surface area contributed by atoms with E-state index in [4.69, 9.17) is 0 Å². The zero-order valence-corrected chi connectivity index (χ0v) is 27.8. The van der Waals surface area contributed by atoms with Gasteiger partial charge in [-0.1, -0.05) is 159 Å². The first-order valence-electron chi connectivity index (χ1n) is 16.6. The molecule has 0 fully saturated rings. The summed E-state index contributed by atoms with van der Waals surface area (Å²) in [5.41, 5.74) is 12.4. The normalized spacial score (nSPS) is 14.3. The third-order valence-electron chi connectivity index (χ3n) is 10.8. The lowest BCUT2D eigenvalue weighted by atomic mass is 9.95. The topological polar surface area (TPSA) is 0 Å². The molecule has 2 aliphatic carbocycles. The molecule has 6 aromatic rings. The lowest BCUT2D eigenvalue weighted by Crippen LogP contribution is -2.46. The van der Waals surface area contributed by atoms with Crippen LogP contribution in [0.3, 0.4) is 0 Å². The highest BCUT2D eigenvalue weighted by Crippen LogP contribution is 2.52. The molecule has 6 aromatic carbocycles. The van der Waals surface area contributed by atoms with Gasteiger partial charge in [0, 0.05) is 0 Å². The van der Waals surface area contributed by atoms with Gasteiger partial charge in [0.1, 0.15) is 8.07 Å². The summed E-state index contributed by atoms with van der Waals surface area (Å²) in [6.07, 6.45) is 7.43. The minimum Gasteiger partial charge on any atom is -0.0704 e. The largest absolute Gasteiger partial charge is 0.114 e. The highest BCUT2D eigenvalue weighted by molar-refractivity contribution is 6.96. The number of allylic oxidation sites excluding steroid dienone is 2. The number of hydrogen-bond acceptors (Lipinski definition) is 0. The summed E-state index contributed by atoms with van der Waals surface area (Å²) in [6.45, 7) is 10.0. The molecule has 0 aromatic heterocycles. The molecule has 1 heteroatoms. The maximum absolute atomic E-state index is 2.64. The lowest BCUT2D eigenvalue weighted by Gasteiger charge is -2.42. The Balaban J connectivity index is 1.24. The minimum atomic E-state index is -2.09. The maximum Gasteiger partial charge on any atom is 0.114 e. The van der Waals surface area contributed by atoms with Crippen LogP contribution in [-0.4, -0.2) is 8.07 Å². The van der Waals surface area contributed by atoms with Gasteiger partial charge >= 0.3 is 0 Å². The molecule has 45 heavy (non-hydrogen) atoms. The van der Waals surface area contributed by atoms with Crippen molar-refractivity contribution in [1.82, 2.24) is 0 Å². The second kappa shape index (κ2) is 10.9. The van der Waals surface area contributed by atoms with E-state index in [0.717, 1.165) is 12.8 Å². The Morgan fingerprint density at radius 1 is 0.444 bits per heavy atom. The van der Waals surface area contributed by atoms with E-state index in [1.807, 2.05) is 0 Å². The SMILES string of the molecule is CC(C)[Si](C1=Cc2c(cccc2-c2ccc3ccccc3c2)C1)(C1=Cc2c(cccc2-c2ccc3ccccc3c2)C1)C(C)C. The van der Waals surface area contributed by atoms with Gasteiger partial charge < -0.3 is 0 Å². The summed E-state index contributed by atoms with van der Waals surface area (Å²) in [7, 11) is -2.09. The average molecular weight is 597 g/mol. The standard InChI is InChI=1S/C44H40Si/c1-29(2)45(30(3)4,39-25-35-15-9-17-41(43(35)27-39)37-21-19-31-11-5-7-13-33(31)23-37)40-26-36-16-10-18-42(44(36)28-40)38-22-20-32-12-6-8-14-34(32)24-38/h5-24,27-30H,25-26H2,1-4H3. The predicted octanol–water partition coefficient (Wildman–Crippen LogP) is 12.3. The van der Waals surface area contributed by atoms with E-state index in [9.17, 15) is 0 Å². The number of hydrogen-bond donors (Lipinski definition) is 0. The first-order chi connectivity index (χ1) is 21.9. The molecule has 0 aliphatic heterocycles. The smallest absolute Gasteiger partial charge is 0.0704 e. The van der Waals surface area contributed by atoms with Gasteiger partial charge in [-0.3, -0.25) is 0 Å². The van der Waals surface area contributed by atoms with Gasteiger partial charge in [0.2, 0.25) is 0 Å². The van der Waals surface area contributed by atoms with Crippen LogP contribution in [0, 0.1) is 0 Å². The molecule has 2 aliphatic rings. The van der Waals surface area contributed by atoms with Crippen LogP contribution in [0.5, 0.6) is 0 Å². The third-order valence-corrected chi connectivity index (χ3v) is 17.2. The number of benzene rings is 6. The molecule has 0 radical (unpaired) electrons. The van der Waals surface area contributed by atoms with Crippen molar-refractivity contribution in [3.05, 3.63) is 154 Å². The van der Waals surface area contributed by atoms with Crippen molar-refractivity contribution in [2.75, 3.05) is 0 Å². The van der Waals surface area contributed by atoms with Crippen molar-refractivity contribution < 1.29 is 0 Å². The van der Waals surface area contributed by atoms with E-state index in [2.05, 4.69) is 161 Å². The fraction of sp³-hybridized carbons (Fsp3) is 0.182. The van der Waals surface area contributed by atoms with Crippen molar-refractivity contribution in [2.24, 2.45) is 0 Å². The molecule has 0 unspecified atom stereocenters. The second-order valence-corrected chi connectivity index (χ2v) is 19.1. The van der Waals surface area contributed by atoms with E-state index in [1.54, 1.807) is 10.4 Å². The van der Waals surface area contributed by atoms with Crippen LogP contribution in [0.1, 0.15) is 49.9 Å². The molecule has 220 valence electrons. The number of fused-ring (bicyclic) bond motifs is 4. The Labute approximate surface area is 268 Å². The van der Waals surface area contributed by atoms with Gasteiger partial charge in [-0.05, 0) is 102 Å². The third kappa shape index (κ3) is 4.48. The van der Waals surface area contributed by atoms with Crippen molar-refractivity contribution in [1.29, 1.82) is 0 Å². The van der Waals surface area contributed by atoms with E-state index in [-0.39, 0.29) is 0 Å². The summed E-state index contributed by atoms with van der Waals surface area (Å²) in [6, 6.07) is 45.3. The average Bonchev–Trinajstić information content (AvgIpc) is 3.69. The summed E-state index contributed by atoms with van der Waals surface area (Å²) in [4.78, 5) is 0. The quantitative estimate of drug-likeness (QED) is 0.168. The fourth-order valence-electron chi connectivity index (χ4n) is 8.84. The van der Waals surface area contributed by atoms with Gasteiger partial charge in [-0.15, -0.1) is 0 Å². The molecule has 0 spiro atoms. The molecular weight excluding hydrogens is 557 g/mol. The van der Waals surface area contributed by atoms with E-state index in [0.29, 0.717) is 11.1 Å². The maximum atomic E-state index is 2.64. The highest BCUT2D eigenvalue weighted by Gasteiger charge is 2.48. The van der Waals surface area contributed by atoms with Gasteiger partial charge in [0.05, 0.1) is 0 Å². The van der Waals surface area contributed by atoms with Gasteiger partial charge in [-0.25, -0.2) is 0 Å². The Morgan fingerprint density at radius 2 is 0.867 bits per heavy atom. The summed E-state index contributed by atoms with van der Waals surface area (Å²) < 4.78 is 0. The molecule has 0 amide bonds. The zero-order chi connectivity index (χ0) is 30.7. The molecule has 0 bridgehead atoms. The fourth-order valence-corrected chi connectivity index (χ4v) is 15.3. The van der Waals surface area contributed by atoms with E-state index < -0.39 is 8.07 Å². The Kier molecular flexibility index (Phi) is 6.77. The summed E-state index contributed by atoms with van der Waals surface area (Å²) in [5, 5.41) is 8.63. The van der Waals surface area contributed by atoms with Crippen LogP contribution in [0.25, 0.3) is 56.0 Å². The lowest BCUT2D eigenvalue weighted by molar-refractivity contribution is 0.896. The number of rotatable bonds is 6. The molecule has 0 nitrogen and oxygen atoms in total. The van der Waals surface area contributed by atoms with Crippen molar-refractivity contribution in [3.63, 3.8) is 0 Å². The van der Waals surface area contributed by atoms with Gasteiger partial charge in [-0.2, -0.15) is 0 Å². The van der Waals surface area contributed by atoms with Crippen molar-refractivity contribution in [2.45, 2.75) is 51.6 Å². The molecule has 0 atom stereocenters. The Bertz CT molecular complexity index is 2020. The first-order valence-corrected chi connectivity index (χ1v) is 18.7. The van der Waals surface area contributed by atoms with E-state index in [1.165, 1.54) is 66.1 Å². The van der Waals surface area contributed by atoms with Gasteiger partial charge in [0.15, 0.2) is 0 Å². The molecule has 0 saturated heterocycles. The van der Waals surface area contributed by atoms with E-state index >= 15 is 0 Å². The molecule has 8 rings (SSSR count). The Morgan fingerprint density at radius 3 is 1.29 bits per heavy atom. The summed E-state index contributed by atoms with van der Waals surface area (Å²) >= 11 is 0. The van der Waals surface area contributed by atoms with Crippen LogP contribution in [0.15, 0.2) is 132 Å². The van der Waals surface area contributed by atoms with Crippen LogP contribution < -0.4 is 0 Å². The van der Waals surface area contributed by atoms with Crippen molar-refractivity contribution in [3.8, 4) is 22.3 Å². The summed E-state index contributed by atoms with van der Waals surface area (Å²) in [5.74, 6) is 0. The highest BCUT2D eigenvalue weighted by atomic mass is 28.3. The molecule has 0 heterocycles. The monoisotopic (exact) mass is 596 g/mol. The van der Waals surface area contributed by atoms with Crippen LogP contribution in [0.2, 0.25) is 11.1 Å². The van der Waals surface area contributed by atoms with Crippen LogP contribution in [-0.2, 0) is 12.8 Å². The first kappa shape index (κ1) is 28.0. The predicted molar refractivity (Wildman–Crippen MR) is 198 cm³/mol. The van der Waals surface area contributed by atoms with Gasteiger partial charge in [0.25, 0.3) is 0 Å². The van der Waals surface area contributed by atoms with Crippen LogP contribution in [0.4, 0.5) is 0 Å². The second-order valence-electron chi connectivity index (χ2n) is 13.8.